The SMILES string of the molecule is CCCCN(CC(=O)Nc1cc(C(F)(F)F)cc(C(F)(F)F)c1)S(=O)(=O)c1cc(C(F)(F)F)ccc1Cl. The number of hydrogen-bond donors (Lipinski definition) is 1. The van der Waals surface area contributed by atoms with Crippen molar-refractivity contribution in [3.63, 3.8) is 0 Å². The van der Waals surface area contributed by atoms with Gasteiger partial charge in [-0.05, 0) is 42.8 Å². The van der Waals surface area contributed by atoms with Crippen LogP contribution in [0.4, 0.5) is 45.2 Å². The summed E-state index contributed by atoms with van der Waals surface area (Å²) in [5, 5.41) is 1.19. The van der Waals surface area contributed by atoms with Gasteiger partial charge in [-0.3, -0.25) is 4.79 Å². The molecule has 0 aromatic heterocycles. The lowest BCUT2D eigenvalue weighted by Crippen LogP contribution is -2.39. The molecule has 0 aliphatic carbocycles. The molecule has 0 fully saturated rings. The molecule has 0 saturated heterocycles. The molecule has 1 N–H and O–H groups in total. The van der Waals surface area contributed by atoms with Crippen LogP contribution in [0.5, 0.6) is 0 Å². The summed E-state index contributed by atoms with van der Waals surface area (Å²) in [6.45, 7) is 0.0884. The standard InChI is InChI=1S/C21H18ClF9N2O3S/c1-2-3-6-33(37(35,36)17-10-12(19(23,24)25)4-5-16(17)22)11-18(34)32-15-8-13(20(26,27)28)7-14(9-15)21(29,30)31/h4-5,7-10H,2-3,6,11H2,1H3,(H,32,34). The van der Waals surface area contributed by atoms with Crippen LogP contribution in [-0.4, -0.2) is 31.7 Å². The van der Waals surface area contributed by atoms with Crippen molar-refractivity contribution in [2.45, 2.75) is 43.2 Å². The molecule has 0 atom stereocenters. The van der Waals surface area contributed by atoms with Gasteiger partial charge in [0, 0.05) is 12.2 Å². The molecular formula is C21H18ClF9N2O3S. The number of hydrogen-bond acceptors (Lipinski definition) is 3. The van der Waals surface area contributed by atoms with Gasteiger partial charge in [-0.1, -0.05) is 24.9 Å². The third-order valence-corrected chi connectivity index (χ3v) is 7.16. The summed E-state index contributed by atoms with van der Waals surface area (Å²) in [6, 6.07) is 1.77. The van der Waals surface area contributed by atoms with Gasteiger partial charge in [0.15, 0.2) is 0 Å². The molecule has 0 unspecified atom stereocenters. The van der Waals surface area contributed by atoms with E-state index in [1.165, 1.54) is 0 Å². The van der Waals surface area contributed by atoms with Gasteiger partial charge < -0.3 is 5.32 Å². The predicted molar refractivity (Wildman–Crippen MR) is 115 cm³/mol. The topological polar surface area (TPSA) is 66.5 Å². The number of anilines is 1. The third kappa shape index (κ3) is 7.98. The molecule has 0 saturated carbocycles. The largest absolute Gasteiger partial charge is 0.416 e. The molecule has 1 amide bonds. The van der Waals surface area contributed by atoms with Crippen LogP contribution in [-0.2, 0) is 33.3 Å². The highest BCUT2D eigenvalue weighted by molar-refractivity contribution is 7.89. The van der Waals surface area contributed by atoms with Crippen LogP contribution in [0.1, 0.15) is 36.5 Å². The number of sulfonamides is 1. The second kappa shape index (κ2) is 11.1. The lowest BCUT2D eigenvalue weighted by Gasteiger charge is -2.23. The van der Waals surface area contributed by atoms with E-state index in [4.69, 9.17) is 11.6 Å². The zero-order valence-corrected chi connectivity index (χ0v) is 20.2. The second-order valence-electron chi connectivity index (χ2n) is 7.68. The van der Waals surface area contributed by atoms with Gasteiger partial charge in [0.1, 0.15) is 4.90 Å². The van der Waals surface area contributed by atoms with Crippen LogP contribution in [0.3, 0.4) is 0 Å². The van der Waals surface area contributed by atoms with Crippen molar-refractivity contribution >= 4 is 33.2 Å². The normalized spacial score (nSPS) is 13.2. The van der Waals surface area contributed by atoms with Crippen molar-refractivity contribution in [1.82, 2.24) is 4.31 Å². The molecule has 0 spiro atoms. The van der Waals surface area contributed by atoms with Crippen molar-refractivity contribution in [3.8, 4) is 0 Å². The Morgan fingerprint density at radius 1 is 0.865 bits per heavy atom. The number of halogens is 10. The van der Waals surface area contributed by atoms with Crippen LogP contribution in [0.15, 0.2) is 41.3 Å². The minimum Gasteiger partial charge on any atom is -0.325 e. The average molecular weight is 585 g/mol. The molecule has 0 aliphatic heterocycles. The smallest absolute Gasteiger partial charge is 0.325 e. The number of unbranched alkanes of at least 4 members (excludes halogenated alkanes) is 1. The number of amides is 1. The summed E-state index contributed by atoms with van der Waals surface area (Å²) in [4.78, 5) is 11.5. The van der Waals surface area contributed by atoms with Gasteiger partial charge >= 0.3 is 18.5 Å². The van der Waals surface area contributed by atoms with E-state index in [1.807, 2.05) is 0 Å². The van der Waals surface area contributed by atoms with E-state index < -0.39 is 79.8 Å². The summed E-state index contributed by atoms with van der Waals surface area (Å²) in [7, 11) is -4.86. The van der Waals surface area contributed by atoms with E-state index in [2.05, 4.69) is 0 Å². The van der Waals surface area contributed by atoms with Gasteiger partial charge in [-0.15, -0.1) is 0 Å². The molecule has 0 aliphatic rings. The van der Waals surface area contributed by atoms with Gasteiger partial charge in [0.2, 0.25) is 15.9 Å². The Morgan fingerprint density at radius 2 is 1.38 bits per heavy atom. The first-order chi connectivity index (χ1) is 16.8. The van der Waals surface area contributed by atoms with Crippen LogP contribution in [0.2, 0.25) is 5.02 Å². The molecule has 5 nitrogen and oxygen atoms in total. The van der Waals surface area contributed by atoms with Crippen LogP contribution in [0.25, 0.3) is 0 Å². The van der Waals surface area contributed by atoms with E-state index in [-0.39, 0.29) is 30.7 Å². The molecule has 37 heavy (non-hydrogen) atoms. The second-order valence-corrected chi connectivity index (χ2v) is 9.99. The highest BCUT2D eigenvalue weighted by atomic mass is 35.5. The van der Waals surface area contributed by atoms with E-state index in [0.29, 0.717) is 22.9 Å². The van der Waals surface area contributed by atoms with Gasteiger partial charge in [0.25, 0.3) is 0 Å². The van der Waals surface area contributed by atoms with E-state index in [9.17, 15) is 52.7 Å². The predicted octanol–water partition coefficient (Wildman–Crippen LogP) is 6.83. The number of carbonyl (C=O) groups is 1. The monoisotopic (exact) mass is 584 g/mol. The Morgan fingerprint density at radius 3 is 1.84 bits per heavy atom. The zero-order valence-electron chi connectivity index (χ0n) is 18.7. The first kappa shape index (κ1) is 30.7. The van der Waals surface area contributed by atoms with Crippen molar-refractivity contribution in [1.29, 1.82) is 0 Å². The van der Waals surface area contributed by atoms with Crippen LogP contribution < -0.4 is 5.32 Å². The Labute approximate surface area is 210 Å². The lowest BCUT2D eigenvalue weighted by molar-refractivity contribution is -0.143. The van der Waals surface area contributed by atoms with Crippen molar-refractivity contribution in [2.24, 2.45) is 0 Å². The Hall–Kier alpha value is -2.52. The Bertz CT molecular complexity index is 1210. The van der Waals surface area contributed by atoms with E-state index >= 15 is 0 Å². The number of alkyl halides is 9. The number of rotatable bonds is 8. The van der Waals surface area contributed by atoms with Gasteiger partial charge in [-0.25, -0.2) is 8.42 Å². The molecule has 0 bridgehead atoms. The summed E-state index contributed by atoms with van der Waals surface area (Å²) in [5.74, 6) is -1.34. The van der Waals surface area contributed by atoms with Gasteiger partial charge in [-0.2, -0.15) is 43.8 Å². The number of nitrogens with zero attached hydrogens (tertiary/aromatic N) is 1. The molecule has 16 heteroatoms. The summed E-state index contributed by atoms with van der Waals surface area (Å²) in [6.07, 6.45) is -14.8. The molecule has 0 radical (unpaired) electrons. The maximum atomic E-state index is 13.1. The van der Waals surface area contributed by atoms with Crippen molar-refractivity contribution in [3.05, 3.63) is 58.1 Å². The molecule has 2 rings (SSSR count). The Kier molecular flexibility index (Phi) is 9.19. The zero-order chi connectivity index (χ0) is 28.4. The fraction of sp³-hybridized carbons (Fsp3) is 0.381. The number of nitrogens with one attached hydrogen (secondary N) is 1. The molecular weight excluding hydrogens is 567 g/mol. The first-order valence-corrected chi connectivity index (χ1v) is 12.0. The highest BCUT2D eigenvalue weighted by Gasteiger charge is 2.38. The first-order valence-electron chi connectivity index (χ1n) is 10.2. The molecule has 206 valence electrons. The highest BCUT2D eigenvalue weighted by Crippen LogP contribution is 2.38. The minimum atomic E-state index is -5.20. The van der Waals surface area contributed by atoms with Gasteiger partial charge in [0.05, 0.1) is 28.3 Å². The maximum Gasteiger partial charge on any atom is 0.416 e. The number of benzene rings is 2. The fourth-order valence-corrected chi connectivity index (χ4v) is 4.96. The minimum absolute atomic E-state index is 0.116. The number of carbonyl (C=O) groups excluding carboxylic acids is 1. The molecule has 2 aromatic carbocycles. The van der Waals surface area contributed by atoms with Crippen LogP contribution >= 0.6 is 11.6 Å². The van der Waals surface area contributed by atoms with Crippen LogP contribution in [0, 0.1) is 0 Å². The third-order valence-electron chi connectivity index (χ3n) is 4.83. The quantitative estimate of drug-likeness (QED) is 0.346. The fourth-order valence-electron chi connectivity index (χ4n) is 3.02. The summed E-state index contributed by atoms with van der Waals surface area (Å²) in [5.41, 5.74) is -5.70. The Balaban J connectivity index is 2.43. The molecule has 0 heterocycles. The maximum absolute atomic E-state index is 13.1. The van der Waals surface area contributed by atoms with E-state index in [1.54, 1.807) is 12.2 Å². The summed E-state index contributed by atoms with van der Waals surface area (Å²) < 4.78 is 144. The van der Waals surface area contributed by atoms with Crippen molar-refractivity contribution < 1.29 is 52.7 Å². The molecule has 2 aromatic rings. The van der Waals surface area contributed by atoms with Crippen molar-refractivity contribution in [2.75, 3.05) is 18.4 Å². The lowest BCUT2D eigenvalue weighted by atomic mass is 10.1. The summed E-state index contributed by atoms with van der Waals surface area (Å²) >= 11 is 5.81. The average Bonchev–Trinajstić information content (AvgIpc) is 2.74. The van der Waals surface area contributed by atoms with E-state index in [0.717, 1.165) is 0 Å².